The van der Waals surface area contributed by atoms with E-state index in [2.05, 4.69) is 5.32 Å². The molecule has 0 aliphatic carbocycles. The van der Waals surface area contributed by atoms with E-state index in [0.717, 1.165) is 4.90 Å². The van der Waals surface area contributed by atoms with Crippen LogP contribution in [0.15, 0.2) is 24.3 Å². The molecule has 20 heavy (non-hydrogen) atoms. The van der Waals surface area contributed by atoms with Crippen LogP contribution in [0.25, 0.3) is 0 Å². The number of carbonyl (C=O) groups is 2. The van der Waals surface area contributed by atoms with E-state index in [4.69, 9.17) is 5.11 Å². The van der Waals surface area contributed by atoms with E-state index in [1.807, 2.05) is 13.8 Å². The number of anilines is 1. The number of rotatable bonds is 5. The molecular weight excluding hydrogens is 263 g/mol. The Morgan fingerprint density at radius 1 is 1.35 bits per heavy atom. The number of amides is 2. The van der Waals surface area contributed by atoms with Crippen molar-refractivity contribution in [2.24, 2.45) is 5.92 Å². The third kappa shape index (κ3) is 4.22. The normalized spacial score (nSPS) is 12.1. The summed E-state index contributed by atoms with van der Waals surface area (Å²) in [7, 11) is 1.39. The lowest BCUT2D eigenvalue weighted by atomic mass is 10.0. The number of urea groups is 1. The van der Waals surface area contributed by atoms with E-state index >= 15 is 0 Å². The molecule has 0 bridgehead atoms. The van der Waals surface area contributed by atoms with Gasteiger partial charge >= 0.3 is 12.0 Å². The van der Waals surface area contributed by atoms with E-state index in [9.17, 15) is 14.0 Å². The maximum atomic E-state index is 13.6. The average molecular weight is 282 g/mol. The molecule has 5 nitrogen and oxygen atoms in total. The van der Waals surface area contributed by atoms with Gasteiger partial charge < -0.3 is 10.4 Å². The molecule has 0 saturated carbocycles. The second-order valence-corrected chi connectivity index (χ2v) is 4.98. The zero-order chi connectivity index (χ0) is 15.3. The fourth-order valence-corrected chi connectivity index (χ4v) is 1.77. The largest absolute Gasteiger partial charge is 0.480 e. The summed E-state index contributed by atoms with van der Waals surface area (Å²) >= 11 is 0. The second-order valence-electron chi connectivity index (χ2n) is 4.98. The van der Waals surface area contributed by atoms with Gasteiger partial charge in [0.15, 0.2) is 0 Å². The summed E-state index contributed by atoms with van der Waals surface area (Å²) < 4.78 is 13.6. The van der Waals surface area contributed by atoms with E-state index < -0.39 is 23.9 Å². The van der Waals surface area contributed by atoms with Crippen molar-refractivity contribution in [2.75, 3.05) is 11.9 Å². The molecule has 0 fully saturated rings. The fourth-order valence-electron chi connectivity index (χ4n) is 1.77. The van der Waals surface area contributed by atoms with Crippen LogP contribution in [-0.2, 0) is 4.79 Å². The van der Waals surface area contributed by atoms with Gasteiger partial charge in [0.05, 0.1) is 5.69 Å². The van der Waals surface area contributed by atoms with Gasteiger partial charge in [-0.3, -0.25) is 4.90 Å². The van der Waals surface area contributed by atoms with Crippen molar-refractivity contribution in [3.63, 3.8) is 0 Å². The van der Waals surface area contributed by atoms with Crippen molar-refractivity contribution in [3.8, 4) is 0 Å². The number of nitrogens with one attached hydrogen (secondary N) is 1. The fraction of sp³-hybridized carbons (Fsp3) is 0.429. The first-order valence-corrected chi connectivity index (χ1v) is 6.34. The molecular formula is C14H19FN2O3. The predicted molar refractivity (Wildman–Crippen MR) is 74.2 cm³/mol. The smallest absolute Gasteiger partial charge is 0.326 e. The molecule has 0 unspecified atom stereocenters. The van der Waals surface area contributed by atoms with Crippen LogP contribution in [0.4, 0.5) is 14.9 Å². The monoisotopic (exact) mass is 282 g/mol. The molecule has 6 heteroatoms. The second kappa shape index (κ2) is 6.88. The molecule has 1 aromatic carbocycles. The van der Waals surface area contributed by atoms with Crippen LogP contribution in [0, 0.1) is 11.7 Å². The van der Waals surface area contributed by atoms with Gasteiger partial charge in [-0.2, -0.15) is 0 Å². The molecule has 0 aliphatic heterocycles. The zero-order valence-electron chi connectivity index (χ0n) is 11.8. The van der Waals surface area contributed by atoms with E-state index in [0.29, 0.717) is 6.42 Å². The van der Waals surface area contributed by atoms with Crippen molar-refractivity contribution in [1.29, 1.82) is 0 Å². The zero-order valence-corrected chi connectivity index (χ0v) is 11.8. The number of hydrogen-bond donors (Lipinski definition) is 2. The molecule has 0 spiro atoms. The summed E-state index contributed by atoms with van der Waals surface area (Å²) in [5.74, 6) is -1.52. The van der Waals surface area contributed by atoms with Crippen molar-refractivity contribution in [1.82, 2.24) is 5.32 Å². The quantitative estimate of drug-likeness (QED) is 0.871. The molecule has 2 N–H and O–H groups in total. The maximum Gasteiger partial charge on any atom is 0.326 e. The first-order chi connectivity index (χ1) is 9.32. The highest BCUT2D eigenvalue weighted by Gasteiger charge is 2.23. The molecule has 0 aliphatic rings. The van der Waals surface area contributed by atoms with E-state index in [1.165, 1.54) is 25.2 Å². The summed E-state index contributed by atoms with van der Waals surface area (Å²) in [5, 5.41) is 11.5. The number of hydrogen-bond acceptors (Lipinski definition) is 2. The Bertz CT molecular complexity index is 491. The van der Waals surface area contributed by atoms with Crippen LogP contribution >= 0.6 is 0 Å². The molecule has 1 rings (SSSR count). The van der Waals surface area contributed by atoms with Gasteiger partial charge in [0.1, 0.15) is 11.9 Å². The number of halogens is 1. The van der Waals surface area contributed by atoms with Crippen LogP contribution < -0.4 is 10.2 Å². The Morgan fingerprint density at radius 3 is 2.45 bits per heavy atom. The van der Waals surface area contributed by atoms with Gasteiger partial charge in [0, 0.05) is 7.05 Å². The van der Waals surface area contributed by atoms with Gasteiger partial charge in [-0.1, -0.05) is 26.0 Å². The molecule has 0 heterocycles. The number of aliphatic carboxylic acids is 1. The standard InChI is InChI=1S/C14H19FN2O3/c1-9(2)8-11(13(18)19)16-14(20)17(3)12-7-5-4-6-10(12)15/h4-7,9,11H,8H2,1-3H3,(H,16,20)(H,18,19)/t11-/m1/s1. The topological polar surface area (TPSA) is 69.6 Å². The average Bonchev–Trinajstić information content (AvgIpc) is 2.37. The van der Waals surface area contributed by atoms with Gasteiger partial charge in [0.25, 0.3) is 0 Å². The Kier molecular flexibility index (Phi) is 5.49. The molecule has 0 aromatic heterocycles. The Hall–Kier alpha value is -2.11. The Labute approximate surface area is 117 Å². The van der Waals surface area contributed by atoms with E-state index in [1.54, 1.807) is 6.07 Å². The first-order valence-electron chi connectivity index (χ1n) is 6.34. The Balaban J connectivity index is 2.79. The first kappa shape index (κ1) is 15.9. The molecule has 2 amide bonds. The number of benzene rings is 1. The third-order valence-electron chi connectivity index (χ3n) is 2.82. The molecule has 0 radical (unpaired) electrons. The van der Waals surface area contributed by atoms with Crippen molar-refractivity contribution in [2.45, 2.75) is 26.3 Å². The molecule has 1 atom stereocenters. The highest BCUT2D eigenvalue weighted by atomic mass is 19.1. The molecule has 0 saturated heterocycles. The molecule has 110 valence electrons. The van der Waals surface area contributed by atoms with Crippen LogP contribution in [0.5, 0.6) is 0 Å². The van der Waals surface area contributed by atoms with Crippen molar-refractivity contribution >= 4 is 17.7 Å². The summed E-state index contributed by atoms with van der Waals surface area (Å²) in [6, 6.07) is 4.17. The third-order valence-corrected chi connectivity index (χ3v) is 2.82. The van der Waals surface area contributed by atoms with Crippen LogP contribution in [-0.4, -0.2) is 30.2 Å². The number of para-hydroxylation sites is 1. The number of carboxylic acid groups (broad SMARTS) is 1. The van der Waals surface area contributed by atoms with Gasteiger partial charge in [0.2, 0.25) is 0 Å². The minimum atomic E-state index is -1.10. The van der Waals surface area contributed by atoms with Crippen molar-refractivity contribution < 1.29 is 19.1 Å². The SMILES string of the molecule is CC(C)C[C@@H](NC(=O)N(C)c1ccccc1F)C(=O)O. The maximum absolute atomic E-state index is 13.6. The summed E-state index contributed by atoms with van der Waals surface area (Å²) in [4.78, 5) is 24.1. The predicted octanol–water partition coefficient (Wildman–Crippen LogP) is 2.47. The lowest BCUT2D eigenvalue weighted by Crippen LogP contribution is -2.47. The minimum absolute atomic E-state index is 0.0960. The highest BCUT2D eigenvalue weighted by molar-refractivity contribution is 5.94. The molecule has 1 aromatic rings. The number of carboxylic acids is 1. The lowest BCUT2D eigenvalue weighted by Gasteiger charge is -2.22. The van der Waals surface area contributed by atoms with Gasteiger partial charge in [-0.05, 0) is 24.5 Å². The minimum Gasteiger partial charge on any atom is -0.480 e. The summed E-state index contributed by atoms with van der Waals surface area (Å²) in [5.41, 5.74) is 0.0960. The van der Waals surface area contributed by atoms with Gasteiger partial charge in [-0.15, -0.1) is 0 Å². The van der Waals surface area contributed by atoms with E-state index in [-0.39, 0.29) is 11.6 Å². The van der Waals surface area contributed by atoms with Crippen LogP contribution in [0.2, 0.25) is 0 Å². The van der Waals surface area contributed by atoms with Crippen molar-refractivity contribution in [3.05, 3.63) is 30.1 Å². The number of nitrogens with zero attached hydrogens (tertiary/aromatic N) is 1. The lowest BCUT2D eigenvalue weighted by molar-refractivity contribution is -0.139. The van der Waals surface area contributed by atoms with Crippen LogP contribution in [0.1, 0.15) is 20.3 Å². The Morgan fingerprint density at radius 2 is 1.95 bits per heavy atom. The summed E-state index contributed by atoms with van der Waals surface area (Å²) in [6.45, 7) is 3.73. The van der Waals surface area contributed by atoms with Crippen LogP contribution in [0.3, 0.4) is 0 Å². The summed E-state index contributed by atoms with van der Waals surface area (Å²) in [6.07, 6.45) is 0.312. The van der Waals surface area contributed by atoms with Gasteiger partial charge in [-0.25, -0.2) is 14.0 Å². The number of carbonyl (C=O) groups excluding carboxylic acids is 1. The highest BCUT2D eigenvalue weighted by Crippen LogP contribution is 2.17.